The number of rotatable bonds is 8. The van der Waals surface area contributed by atoms with Crippen molar-refractivity contribution < 1.29 is 23.8 Å². The molecule has 0 radical (unpaired) electrons. The molecule has 5 rings (SSSR count). The molecule has 2 aromatic carbocycles. The van der Waals surface area contributed by atoms with Crippen molar-refractivity contribution in [1.29, 1.82) is 0 Å². The number of nitrogens with one attached hydrogen (secondary N) is 1. The molecule has 1 saturated carbocycles. The number of carboxylic acid groups (broad SMARTS) is 1. The number of hydrogen-bond donors (Lipinski definition) is 2. The molecule has 2 atom stereocenters. The highest BCUT2D eigenvalue weighted by Gasteiger charge is 2.27. The number of carboxylic acids is 1. The van der Waals surface area contributed by atoms with Gasteiger partial charge in [0.15, 0.2) is 0 Å². The molecule has 180 valence electrons. The minimum atomic E-state index is -0.950. The summed E-state index contributed by atoms with van der Waals surface area (Å²) in [5.74, 6) is 1.23. The normalized spacial score (nSPS) is 17.9. The SMILES string of the molecule is COc1ccc(-c2c(-c3ccccc3)oc3ncnc(N[C@H]4CCC[C@H](OCC(=O)O)C4)c23)cc1. The molecular formula is C27H27N3O5. The zero-order valence-electron chi connectivity index (χ0n) is 19.4. The number of furan rings is 1. The monoisotopic (exact) mass is 473 g/mol. The highest BCUT2D eigenvalue weighted by molar-refractivity contribution is 6.05. The van der Waals surface area contributed by atoms with Crippen LogP contribution in [0.3, 0.4) is 0 Å². The third-order valence-electron chi connectivity index (χ3n) is 6.31. The number of aromatic nitrogens is 2. The van der Waals surface area contributed by atoms with Gasteiger partial charge in [-0.05, 0) is 43.4 Å². The fourth-order valence-electron chi connectivity index (χ4n) is 4.68. The van der Waals surface area contributed by atoms with Gasteiger partial charge in [-0.15, -0.1) is 0 Å². The molecule has 0 unspecified atom stereocenters. The van der Waals surface area contributed by atoms with Gasteiger partial charge in [0.05, 0.1) is 18.6 Å². The Bertz CT molecular complexity index is 1300. The smallest absolute Gasteiger partial charge is 0.329 e. The lowest BCUT2D eigenvalue weighted by Gasteiger charge is -2.29. The van der Waals surface area contributed by atoms with E-state index in [0.29, 0.717) is 18.0 Å². The van der Waals surface area contributed by atoms with Gasteiger partial charge in [-0.2, -0.15) is 0 Å². The van der Waals surface area contributed by atoms with Crippen LogP contribution in [-0.2, 0) is 9.53 Å². The van der Waals surface area contributed by atoms with Crippen molar-refractivity contribution in [2.24, 2.45) is 0 Å². The van der Waals surface area contributed by atoms with E-state index in [-0.39, 0.29) is 18.8 Å². The Balaban J connectivity index is 1.55. The summed E-state index contributed by atoms with van der Waals surface area (Å²) in [6.07, 6.45) is 4.86. The van der Waals surface area contributed by atoms with Crippen LogP contribution < -0.4 is 10.1 Å². The molecule has 1 aliphatic rings. The molecule has 4 aromatic rings. The number of fused-ring (bicyclic) bond motifs is 1. The van der Waals surface area contributed by atoms with E-state index in [1.54, 1.807) is 7.11 Å². The Morgan fingerprint density at radius 1 is 1.09 bits per heavy atom. The van der Waals surface area contributed by atoms with Gasteiger partial charge in [0.25, 0.3) is 0 Å². The average molecular weight is 474 g/mol. The Morgan fingerprint density at radius 2 is 1.89 bits per heavy atom. The number of anilines is 1. The summed E-state index contributed by atoms with van der Waals surface area (Å²) in [6.45, 7) is -0.279. The van der Waals surface area contributed by atoms with Gasteiger partial charge in [0.2, 0.25) is 5.71 Å². The highest BCUT2D eigenvalue weighted by Crippen LogP contribution is 2.43. The first-order valence-electron chi connectivity index (χ1n) is 11.7. The second kappa shape index (κ2) is 10.1. The Hall–Kier alpha value is -3.91. The van der Waals surface area contributed by atoms with E-state index in [9.17, 15) is 4.79 Å². The maximum atomic E-state index is 10.9. The van der Waals surface area contributed by atoms with Crippen LogP contribution in [-0.4, -0.2) is 46.9 Å². The molecule has 1 fully saturated rings. The summed E-state index contributed by atoms with van der Waals surface area (Å²) in [5.41, 5.74) is 3.32. The van der Waals surface area contributed by atoms with Crippen molar-refractivity contribution in [1.82, 2.24) is 9.97 Å². The zero-order valence-corrected chi connectivity index (χ0v) is 19.4. The minimum Gasteiger partial charge on any atom is -0.497 e. The number of methoxy groups -OCH3 is 1. The summed E-state index contributed by atoms with van der Waals surface area (Å²) in [4.78, 5) is 19.9. The molecular weight excluding hydrogens is 446 g/mol. The van der Waals surface area contributed by atoms with Crippen molar-refractivity contribution in [2.45, 2.75) is 37.8 Å². The van der Waals surface area contributed by atoms with Crippen molar-refractivity contribution in [3.05, 3.63) is 60.9 Å². The molecule has 2 aromatic heterocycles. The lowest BCUT2D eigenvalue weighted by Crippen LogP contribution is -2.33. The molecule has 0 aliphatic heterocycles. The summed E-state index contributed by atoms with van der Waals surface area (Å²) < 4.78 is 17.2. The van der Waals surface area contributed by atoms with Crippen molar-refractivity contribution in [3.8, 4) is 28.2 Å². The van der Waals surface area contributed by atoms with E-state index < -0.39 is 5.97 Å². The average Bonchev–Trinajstić information content (AvgIpc) is 3.29. The van der Waals surface area contributed by atoms with Gasteiger partial charge in [-0.3, -0.25) is 0 Å². The molecule has 1 aliphatic carbocycles. The van der Waals surface area contributed by atoms with E-state index >= 15 is 0 Å². The van der Waals surface area contributed by atoms with Crippen LogP contribution in [0, 0.1) is 0 Å². The summed E-state index contributed by atoms with van der Waals surface area (Å²) in [6, 6.07) is 17.9. The van der Waals surface area contributed by atoms with E-state index in [1.165, 1.54) is 6.33 Å². The molecule has 0 spiro atoms. The largest absolute Gasteiger partial charge is 0.497 e. The predicted molar refractivity (Wildman–Crippen MR) is 132 cm³/mol. The third-order valence-corrected chi connectivity index (χ3v) is 6.31. The van der Waals surface area contributed by atoms with Gasteiger partial charge in [-0.25, -0.2) is 14.8 Å². The fourth-order valence-corrected chi connectivity index (χ4v) is 4.68. The van der Waals surface area contributed by atoms with Crippen LogP contribution in [0.1, 0.15) is 25.7 Å². The van der Waals surface area contributed by atoms with Gasteiger partial charge >= 0.3 is 5.97 Å². The van der Waals surface area contributed by atoms with Gasteiger partial charge in [0.1, 0.15) is 30.3 Å². The summed E-state index contributed by atoms with van der Waals surface area (Å²) in [7, 11) is 1.64. The van der Waals surface area contributed by atoms with Crippen molar-refractivity contribution in [3.63, 3.8) is 0 Å². The number of benzene rings is 2. The van der Waals surface area contributed by atoms with Crippen LogP contribution in [0.2, 0.25) is 0 Å². The van der Waals surface area contributed by atoms with Crippen molar-refractivity contribution in [2.75, 3.05) is 19.0 Å². The number of aliphatic carboxylic acids is 1. The molecule has 35 heavy (non-hydrogen) atoms. The second-order valence-corrected chi connectivity index (χ2v) is 8.64. The topological polar surface area (TPSA) is 107 Å². The summed E-state index contributed by atoms with van der Waals surface area (Å²) >= 11 is 0. The molecule has 2 N–H and O–H groups in total. The molecule has 8 heteroatoms. The quantitative estimate of drug-likeness (QED) is 0.351. The first-order valence-corrected chi connectivity index (χ1v) is 11.7. The third kappa shape index (κ3) is 4.97. The Kier molecular flexibility index (Phi) is 6.63. The zero-order chi connectivity index (χ0) is 24.2. The van der Waals surface area contributed by atoms with Gasteiger partial charge < -0.3 is 24.3 Å². The highest BCUT2D eigenvalue weighted by atomic mass is 16.5. The van der Waals surface area contributed by atoms with E-state index in [0.717, 1.165) is 52.8 Å². The molecule has 2 heterocycles. The second-order valence-electron chi connectivity index (χ2n) is 8.64. The molecule has 8 nitrogen and oxygen atoms in total. The number of carbonyl (C=O) groups is 1. The first kappa shape index (κ1) is 22.9. The lowest BCUT2D eigenvalue weighted by atomic mass is 9.92. The fraction of sp³-hybridized carbons (Fsp3) is 0.296. The molecule has 0 bridgehead atoms. The molecule has 0 saturated heterocycles. The van der Waals surface area contributed by atoms with Crippen LogP contribution in [0.5, 0.6) is 5.75 Å². The maximum absolute atomic E-state index is 10.9. The number of ether oxygens (including phenoxy) is 2. The van der Waals surface area contributed by atoms with Crippen LogP contribution in [0.15, 0.2) is 65.3 Å². The van der Waals surface area contributed by atoms with Crippen LogP contribution in [0.25, 0.3) is 33.6 Å². The van der Waals surface area contributed by atoms with Crippen LogP contribution in [0.4, 0.5) is 5.82 Å². The lowest BCUT2D eigenvalue weighted by molar-refractivity contribution is -0.145. The van der Waals surface area contributed by atoms with Gasteiger partial charge in [-0.1, -0.05) is 42.5 Å². The Labute approximate surface area is 202 Å². The maximum Gasteiger partial charge on any atom is 0.329 e. The predicted octanol–water partition coefficient (Wildman–Crippen LogP) is 5.39. The van der Waals surface area contributed by atoms with E-state index in [4.69, 9.17) is 19.0 Å². The Morgan fingerprint density at radius 3 is 2.63 bits per heavy atom. The summed E-state index contributed by atoms with van der Waals surface area (Å²) in [5, 5.41) is 13.3. The van der Waals surface area contributed by atoms with E-state index in [1.807, 2.05) is 54.6 Å². The number of hydrogen-bond acceptors (Lipinski definition) is 7. The molecule has 0 amide bonds. The van der Waals surface area contributed by atoms with Crippen LogP contribution >= 0.6 is 0 Å². The number of nitrogens with zero attached hydrogens (tertiary/aromatic N) is 2. The van der Waals surface area contributed by atoms with E-state index in [2.05, 4.69) is 15.3 Å². The van der Waals surface area contributed by atoms with Gasteiger partial charge in [0, 0.05) is 17.2 Å². The standard InChI is InChI=1S/C27H27N3O5/c1-33-20-12-10-17(11-13-20)23-24-26(30-19-8-5-9-21(14-19)34-15-22(31)32)28-16-29-27(24)35-25(23)18-6-3-2-4-7-18/h2-4,6-7,10-13,16,19,21H,5,8-9,14-15H2,1H3,(H,31,32)(H,28,29,30)/t19-,21-/m0/s1. The van der Waals surface area contributed by atoms with Crippen molar-refractivity contribution >= 4 is 22.9 Å². The minimum absolute atomic E-state index is 0.0967. The first-order chi connectivity index (χ1) is 17.1.